The second kappa shape index (κ2) is 9.77. The zero-order valence-corrected chi connectivity index (χ0v) is 16.5. The van der Waals surface area contributed by atoms with Crippen LogP contribution in [0, 0.1) is 0 Å². The van der Waals surface area contributed by atoms with Gasteiger partial charge in [-0.1, -0.05) is 48.9 Å². The van der Waals surface area contributed by atoms with E-state index in [9.17, 15) is 4.79 Å². The van der Waals surface area contributed by atoms with E-state index in [1.165, 1.54) is 5.56 Å². The molecular weight excluding hydrogens is 360 g/mol. The molecule has 0 aliphatic carbocycles. The van der Waals surface area contributed by atoms with Crippen molar-refractivity contribution in [1.29, 1.82) is 0 Å². The number of hydrogen-bond donors (Lipinski definition) is 1. The number of nitrogens with one attached hydrogen (secondary N) is 1. The number of aryl methyl sites for hydroxylation is 1. The highest BCUT2D eigenvalue weighted by Gasteiger charge is 2.21. The lowest BCUT2D eigenvalue weighted by atomic mass is 10.0. The molecule has 0 radical (unpaired) electrons. The third-order valence-corrected chi connectivity index (χ3v) is 5.24. The molecule has 1 saturated heterocycles. The first-order chi connectivity index (χ1) is 13.1. The Balaban J connectivity index is 1.39. The lowest BCUT2D eigenvalue weighted by Crippen LogP contribution is -2.45. The number of halogens is 1. The van der Waals surface area contributed by atoms with E-state index in [4.69, 9.17) is 16.3 Å². The summed E-state index contributed by atoms with van der Waals surface area (Å²) in [5, 5.41) is 3.88. The minimum Gasteiger partial charge on any atom is -0.483 e. The van der Waals surface area contributed by atoms with Crippen molar-refractivity contribution >= 4 is 17.5 Å². The van der Waals surface area contributed by atoms with Crippen molar-refractivity contribution in [2.75, 3.05) is 19.7 Å². The Labute approximate surface area is 166 Å². The van der Waals surface area contributed by atoms with Crippen LogP contribution in [0.5, 0.6) is 5.75 Å². The highest BCUT2D eigenvalue weighted by molar-refractivity contribution is 6.30. The molecule has 0 saturated carbocycles. The van der Waals surface area contributed by atoms with E-state index in [1.807, 2.05) is 36.4 Å². The molecule has 144 valence electrons. The van der Waals surface area contributed by atoms with Crippen molar-refractivity contribution in [3.05, 3.63) is 64.7 Å². The van der Waals surface area contributed by atoms with Gasteiger partial charge in [0.2, 0.25) is 0 Å². The van der Waals surface area contributed by atoms with Crippen LogP contribution in [0.25, 0.3) is 0 Å². The minimum atomic E-state index is -0.0444. The maximum Gasteiger partial charge on any atom is 0.258 e. The number of rotatable bonds is 7. The van der Waals surface area contributed by atoms with Crippen molar-refractivity contribution < 1.29 is 9.53 Å². The van der Waals surface area contributed by atoms with Gasteiger partial charge in [-0.15, -0.1) is 0 Å². The molecule has 0 spiro atoms. The number of para-hydroxylation sites is 1. The average Bonchev–Trinajstić information content (AvgIpc) is 2.70. The predicted molar refractivity (Wildman–Crippen MR) is 109 cm³/mol. The molecular formula is C22H27ClN2O2. The first-order valence-electron chi connectivity index (χ1n) is 9.61. The summed E-state index contributed by atoms with van der Waals surface area (Å²) in [5.74, 6) is 0.755. The summed E-state index contributed by atoms with van der Waals surface area (Å²) in [6.07, 6.45) is 2.82. The van der Waals surface area contributed by atoms with Crippen LogP contribution in [0.4, 0.5) is 0 Å². The summed E-state index contributed by atoms with van der Waals surface area (Å²) in [6.45, 7) is 5.04. The highest BCUT2D eigenvalue weighted by atomic mass is 35.5. The van der Waals surface area contributed by atoms with Crippen molar-refractivity contribution in [3.63, 3.8) is 0 Å². The van der Waals surface area contributed by atoms with Gasteiger partial charge in [0.25, 0.3) is 5.91 Å². The summed E-state index contributed by atoms with van der Waals surface area (Å²) < 4.78 is 5.71. The fraction of sp³-hybridized carbons (Fsp3) is 0.409. The Morgan fingerprint density at radius 1 is 1.15 bits per heavy atom. The van der Waals surface area contributed by atoms with Crippen LogP contribution in [-0.2, 0) is 17.8 Å². The van der Waals surface area contributed by atoms with Crippen LogP contribution >= 0.6 is 11.6 Å². The molecule has 3 rings (SSSR count). The van der Waals surface area contributed by atoms with Gasteiger partial charge in [-0.25, -0.2) is 0 Å². The van der Waals surface area contributed by atoms with Crippen molar-refractivity contribution in [3.8, 4) is 5.75 Å². The van der Waals surface area contributed by atoms with E-state index in [2.05, 4.69) is 29.3 Å². The lowest BCUT2D eigenvalue weighted by molar-refractivity contribution is -0.124. The van der Waals surface area contributed by atoms with Crippen LogP contribution in [0.15, 0.2) is 48.5 Å². The number of ether oxygens (including phenoxy) is 1. The molecule has 0 bridgehead atoms. The van der Waals surface area contributed by atoms with Crippen molar-refractivity contribution in [1.82, 2.24) is 10.2 Å². The topological polar surface area (TPSA) is 41.6 Å². The zero-order chi connectivity index (χ0) is 19.1. The van der Waals surface area contributed by atoms with E-state index in [1.54, 1.807) is 0 Å². The molecule has 1 aliphatic rings. The van der Waals surface area contributed by atoms with Crippen molar-refractivity contribution in [2.24, 2.45) is 0 Å². The highest BCUT2D eigenvalue weighted by Crippen LogP contribution is 2.18. The molecule has 2 aromatic rings. The largest absolute Gasteiger partial charge is 0.483 e. The van der Waals surface area contributed by atoms with Gasteiger partial charge in [0.05, 0.1) is 0 Å². The van der Waals surface area contributed by atoms with Gasteiger partial charge in [0, 0.05) is 30.7 Å². The lowest BCUT2D eigenvalue weighted by Gasteiger charge is -2.32. The normalized spacial score (nSPS) is 15.5. The first kappa shape index (κ1) is 19.7. The number of hydrogen-bond acceptors (Lipinski definition) is 3. The third kappa shape index (κ3) is 5.98. The quantitative estimate of drug-likeness (QED) is 0.780. The van der Waals surface area contributed by atoms with E-state index < -0.39 is 0 Å². The number of benzene rings is 2. The number of carbonyl (C=O) groups excluding carboxylic acids is 1. The Kier molecular flexibility index (Phi) is 7.13. The summed E-state index contributed by atoms with van der Waals surface area (Å²) in [5.41, 5.74) is 2.39. The predicted octanol–water partition coefficient (Wildman–Crippen LogP) is 4.06. The van der Waals surface area contributed by atoms with E-state index >= 15 is 0 Å². The van der Waals surface area contributed by atoms with Crippen molar-refractivity contribution in [2.45, 2.75) is 38.8 Å². The molecule has 1 fully saturated rings. The third-order valence-electron chi connectivity index (χ3n) is 4.98. The molecule has 1 amide bonds. The second-order valence-electron chi connectivity index (χ2n) is 6.99. The van der Waals surface area contributed by atoms with Crippen LogP contribution in [-0.4, -0.2) is 36.5 Å². The van der Waals surface area contributed by atoms with E-state index in [0.29, 0.717) is 0 Å². The van der Waals surface area contributed by atoms with Gasteiger partial charge < -0.3 is 10.1 Å². The molecule has 4 nitrogen and oxygen atoms in total. The van der Waals surface area contributed by atoms with Gasteiger partial charge in [0.1, 0.15) is 5.75 Å². The molecule has 27 heavy (non-hydrogen) atoms. The van der Waals surface area contributed by atoms with E-state index in [-0.39, 0.29) is 18.6 Å². The maximum absolute atomic E-state index is 12.2. The summed E-state index contributed by atoms with van der Waals surface area (Å²) in [7, 11) is 0. The average molecular weight is 387 g/mol. The first-order valence-corrected chi connectivity index (χ1v) is 9.98. The molecule has 1 heterocycles. The maximum atomic E-state index is 12.2. The Morgan fingerprint density at radius 2 is 1.85 bits per heavy atom. The summed E-state index contributed by atoms with van der Waals surface area (Å²) in [6, 6.07) is 16.1. The molecule has 1 aliphatic heterocycles. The van der Waals surface area contributed by atoms with Gasteiger partial charge >= 0.3 is 0 Å². The molecule has 0 aromatic heterocycles. The Bertz CT molecular complexity index is 740. The van der Waals surface area contributed by atoms with Gasteiger partial charge in [0.15, 0.2) is 6.61 Å². The standard InChI is InChI=1S/C22H27ClN2O2/c1-2-18-5-3-4-6-21(18)27-16-22(26)24-20-11-13-25(14-12-20)15-17-7-9-19(23)10-8-17/h3-10,20H,2,11-16H2,1H3,(H,24,26). The number of nitrogens with zero attached hydrogens (tertiary/aromatic N) is 1. The second-order valence-corrected chi connectivity index (χ2v) is 7.43. The van der Waals surface area contributed by atoms with Gasteiger partial charge in [-0.2, -0.15) is 0 Å². The van der Waals surface area contributed by atoms with Crippen LogP contribution in [0.1, 0.15) is 30.9 Å². The summed E-state index contributed by atoms with van der Waals surface area (Å²) in [4.78, 5) is 14.6. The molecule has 2 aromatic carbocycles. The number of amides is 1. The monoisotopic (exact) mass is 386 g/mol. The van der Waals surface area contributed by atoms with Gasteiger partial charge in [-0.05, 0) is 48.6 Å². The molecule has 5 heteroatoms. The van der Waals surface area contributed by atoms with Crippen LogP contribution in [0.3, 0.4) is 0 Å². The fourth-order valence-electron chi connectivity index (χ4n) is 3.43. The molecule has 1 N–H and O–H groups in total. The Morgan fingerprint density at radius 3 is 2.56 bits per heavy atom. The van der Waals surface area contributed by atoms with Gasteiger partial charge in [-0.3, -0.25) is 9.69 Å². The van der Waals surface area contributed by atoms with Crippen LogP contribution < -0.4 is 10.1 Å². The number of carbonyl (C=O) groups is 1. The summed E-state index contributed by atoms with van der Waals surface area (Å²) >= 11 is 5.94. The van der Waals surface area contributed by atoms with Crippen LogP contribution in [0.2, 0.25) is 5.02 Å². The number of likely N-dealkylation sites (tertiary alicyclic amines) is 1. The molecule has 0 unspecified atom stereocenters. The Hall–Kier alpha value is -2.04. The van der Waals surface area contributed by atoms with E-state index in [0.717, 1.165) is 55.2 Å². The zero-order valence-electron chi connectivity index (χ0n) is 15.8. The molecule has 0 atom stereocenters. The minimum absolute atomic E-state index is 0.0444. The number of piperidine rings is 1. The SMILES string of the molecule is CCc1ccccc1OCC(=O)NC1CCN(Cc2ccc(Cl)cc2)CC1. The smallest absolute Gasteiger partial charge is 0.258 e. The fourth-order valence-corrected chi connectivity index (χ4v) is 3.56.